The van der Waals surface area contributed by atoms with E-state index in [4.69, 9.17) is 0 Å². The minimum atomic E-state index is -0.0278. The van der Waals surface area contributed by atoms with Gasteiger partial charge < -0.3 is 0 Å². The predicted molar refractivity (Wildman–Crippen MR) is 35.1 cm³/mol. The van der Waals surface area contributed by atoms with Crippen molar-refractivity contribution in [1.29, 1.82) is 0 Å². The van der Waals surface area contributed by atoms with Gasteiger partial charge in [0.1, 0.15) is 0 Å². The summed E-state index contributed by atoms with van der Waals surface area (Å²) in [7, 11) is 1.52. The third kappa shape index (κ3) is 4.23. The molecule has 0 rings (SSSR count). The number of hydrogen-bond donors (Lipinski definition) is 0. The molecule has 0 aromatic heterocycles. The second kappa shape index (κ2) is 5.21. The van der Waals surface area contributed by atoms with E-state index in [1.54, 1.807) is 0 Å². The van der Waals surface area contributed by atoms with Crippen LogP contribution in [0.4, 0.5) is 0 Å². The molecule has 0 aliphatic rings. The average molecular weight is 108 g/mol. The maximum absolute atomic E-state index is 10.3. The number of rotatable bonds is 1. The molecule has 2 nitrogen and oxygen atoms in total. The minimum absolute atomic E-state index is 0. The van der Waals surface area contributed by atoms with Crippen molar-refractivity contribution in [1.82, 2.24) is 5.32 Å². The van der Waals surface area contributed by atoms with Crippen LogP contribution in [0.5, 0.6) is 0 Å². The Bertz CT molecular complexity index is 72.8. The van der Waals surface area contributed by atoms with E-state index in [1.165, 1.54) is 7.05 Å². The second-order valence-electron chi connectivity index (χ2n) is 1.72. The molecule has 0 N–H and O–H groups in total. The SMILES string of the molecule is C[N]C(=O)C(C)C.[LiH]. The molecule has 0 saturated carbocycles. The zero-order chi connectivity index (χ0) is 5.86. The van der Waals surface area contributed by atoms with Crippen molar-refractivity contribution in [2.24, 2.45) is 5.92 Å². The number of hydrogen-bond acceptors (Lipinski definition) is 1. The fourth-order valence-corrected chi connectivity index (χ4v) is 0.258. The van der Waals surface area contributed by atoms with E-state index >= 15 is 0 Å². The number of amides is 1. The molecule has 43 valence electrons. The van der Waals surface area contributed by atoms with Crippen LogP contribution in [-0.4, -0.2) is 31.8 Å². The molecule has 0 fully saturated rings. The van der Waals surface area contributed by atoms with Gasteiger partial charge in [-0.2, -0.15) is 0 Å². The maximum atomic E-state index is 10.3. The Morgan fingerprint density at radius 1 is 1.50 bits per heavy atom. The van der Waals surface area contributed by atoms with Gasteiger partial charge in [-0.15, -0.1) is 0 Å². The molecular weight excluding hydrogens is 97.0 g/mol. The van der Waals surface area contributed by atoms with Gasteiger partial charge >= 0.3 is 18.9 Å². The molecule has 0 unspecified atom stereocenters. The molecule has 8 heavy (non-hydrogen) atoms. The summed E-state index contributed by atoms with van der Waals surface area (Å²) in [5.74, 6) is 0.0324. The van der Waals surface area contributed by atoms with E-state index in [0.29, 0.717) is 0 Å². The molecule has 0 atom stereocenters. The quantitative estimate of drug-likeness (QED) is 0.426. The van der Waals surface area contributed by atoms with Crippen LogP contribution in [-0.2, 0) is 4.79 Å². The standard InChI is InChI=1S/C5H10NO.Li.H/c1-4(2)5(7)6-3;;/h4H,1-3H3;;. The zero-order valence-corrected chi connectivity index (χ0v) is 4.93. The molecular formula is C5H11LiNO. The van der Waals surface area contributed by atoms with E-state index < -0.39 is 0 Å². The van der Waals surface area contributed by atoms with Crippen molar-refractivity contribution < 1.29 is 4.79 Å². The molecule has 0 aromatic carbocycles. The Morgan fingerprint density at radius 2 is 1.88 bits per heavy atom. The van der Waals surface area contributed by atoms with E-state index in [1.807, 2.05) is 13.8 Å². The third-order valence-corrected chi connectivity index (χ3v) is 0.714. The van der Waals surface area contributed by atoms with Gasteiger partial charge in [-0.3, -0.25) is 10.1 Å². The second-order valence-corrected chi connectivity index (χ2v) is 1.72. The first kappa shape index (κ1) is 10.9. The number of nitrogens with zero attached hydrogens (tertiary/aromatic N) is 1. The molecule has 0 aromatic rings. The van der Waals surface area contributed by atoms with Gasteiger partial charge in [0.15, 0.2) is 0 Å². The summed E-state index contributed by atoms with van der Waals surface area (Å²) in [6.45, 7) is 3.66. The van der Waals surface area contributed by atoms with Crippen LogP contribution in [0.1, 0.15) is 13.8 Å². The summed E-state index contributed by atoms with van der Waals surface area (Å²) >= 11 is 0. The molecule has 1 radical (unpaired) electrons. The van der Waals surface area contributed by atoms with Gasteiger partial charge in [0.05, 0.1) is 0 Å². The van der Waals surface area contributed by atoms with Crippen LogP contribution in [0.2, 0.25) is 0 Å². The van der Waals surface area contributed by atoms with E-state index in [9.17, 15) is 4.79 Å². The molecule has 0 heterocycles. The van der Waals surface area contributed by atoms with Crippen molar-refractivity contribution in [2.45, 2.75) is 13.8 Å². The van der Waals surface area contributed by atoms with E-state index in [0.717, 1.165) is 0 Å². The fraction of sp³-hybridized carbons (Fsp3) is 0.800. The Labute approximate surface area is 62.2 Å². The normalized spacial score (nSPS) is 8.00. The molecule has 1 amide bonds. The van der Waals surface area contributed by atoms with Crippen molar-refractivity contribution in [3.8, 4) is 0 Å². The van der Waals surface area contributed by atoms with Crippen molar-refractivity contribution in [3.05, 3.63) is 0 Å². The van der Waals surface area contributed by atoms with Gasteiger partial charge in [-0.25, -0.2) is 0 Å². The van der Waals surface area contributed by atoms with Gasteiger partial charge in [0.2, 0.25) is 5.91 Å². The summed E-state index contributed by atoms with van der Waals surface area (Å²) in [6.07, 6.45) is 0. The van der Waals surface area contributed by atoms with Gasteiger partial charge in [0, 0.05) is 13.0 Å². The molecule has 0 saturated heterocycles. The summed E-state index contributed by atoms with van der Waals surface area (Å²) in [5, 5.41) is 3.45. The molecule has 0 bridgehead atoms. The van der Waals surface area contributed by atoms with Gasteiger partial charge in [-0.1, -0.05) is 13.8 Å². The number of carbonyl (C=O) groups is 1. The molecule has 0 spiro atoms. The molecule has 3 heteroatoms. The first-order valence-electron chi connectivity index (χ1n) is 2.32. The Kier molecular flexibility index (Phi) is 7.13. The Morgan fingerprint density at radius 3 is 1.88 bits per heavy atom. The predicted octanol–water partition coefficient (Wildman–Crippen LogP) is -0.245. The van der Waals surface area contributed by atoms with E-state index in [2.05, 4.69) is 5.32 Å². The number of carbonyl (C=O) groups excluding carboxylic acids is 1. The Hall–Kier alpha value is 0.0674. The van der Waals surface area contributed by atoms with Crippen LogP contribution >= 0.6 is 0 Å². The van der Waals surface area contributed by atoms with Crippen LogP contribution in [0.15, 0.2) is 0 Å². The van der Waals surface area contributed by atoms with E-state index in [-0.39, 0.29) is 30.7 Å². The zero-order valence-electron chi connectivity index (χ0n) is 4.93. The summed E-state index contributed by atoms with van der Waals surface area (Å²) in [6, 6.07) is 0. The fourth-order valence-electron chi connectivity index (χ4n) is 0.258. The Balaban J connectivity index is 0. The van der Waals surface area contributed by atoms with Crippen molar-refractivity contribution in [3.63, 3.8) is 0 Å². The molecule has 0 aliphatic carbocycles. The van der Waals surface area contributed by atoms with Crippen LogP contribution in [0.25, 0.3) is 0 Å². The van der Waals surface area contributed by atoms with Crippen molar-refractivity contribution >= 4 is 24.8 Å². The molecule has 0 aliphatic heterocycles. The summed E-state index contributed by atoms with van der Waals surface area (Å²) in [4.78, 5) is 10.3. The average Bonchev–Trinajstić information content (AvgIpc) is 1.65. The van der Waals surface area contributed by atoms with Crippen molar-refractivity contribution in [2.75, 3.05) is 7.05 Å². The van der Waals surface area contributed by atoms with Crippen LogP contribution < -0.4 is 5.32 Å². The summed E-state index contributed by atoms with van der Waals surface area (Å²) < 4.78 is 0. The first-order chi connectivity index (χ1) is 3.18. The first-order valence-corrected chi connectivity index (χ1v) is 2.32. The van der Waals surface area contributed by atoms with Gasteiger partial charge in [0.25, 0.3) is 0 Å². The monoisotopic (exact) mass is 108 g/mol. The van der Waals surface area contributed by atoms with Gasteiger partial charge in [-0.05, 0) is 0 Å². The van der Waals surface area contributed by atoms with Crippen LogP contribution in [0, 0.1) is 5.92 Å². The topological polar surface area (TPSA) is 31.2 Å². The summed E-state index contributed by atoms with van der Waals surface area (Å²) in [5.41, 5.74) is 0. The third-order valence-electron chi connectivity index (χ3n) is 0.714. The van der Waals surface area contributed by atoms with Crippen LogP contribution in [0.3, 0.4) is 0 Å².